The van der Waals surface area contributed by atoms with Gasteiger partial charge in [-0.05, 0) is 125 Å². The Balaban J connectivity index is 1.28. The third kappa shape index (κ3) is 6.19. The fraction of sp³-hybridized carbons (Fsp3) is 0.553. The van der Waals surface area contributed by atoms with Crippen molar-refractivity contribution >= 4 is 17.6 Å². The van der Waals surface area contributed by atoms with Crippen LogP contribution in [0.25, 0.3) is 11.1 Å². The van der Waals surface area contributed by atoms with Crippen molar-refractivity contribution in [3.05, 3.63) is 65.7 Å². The molecule has 7 rings (SSSR count). The number of nitrogens with zero attached hydrogens (tertiary/aromatic N) is 3. The van der Waals surface area contributed by atoms with Crippen molar-refractivity contribution in [2.24, 2.45) is 17.3 Å². The fourth-order valence-corrected chi connectivity index (χ4v) is 8.55. The van der Waals surface area contributed by atoms with Crippen LogP contribution in [0.3, 0.4) is 0 Å². The summed E-state index contributed by atoms with van der Waals surface area (Å²) in [6.45, 7) is 6.68. The first kappa shape index (κ1) is 32.3. The number of aromatic nitrogens is 2. The van der Waals surface area contributed by atoms with E-state index in [4.69, 9.17) is 4.74 Å². The maximum atomic E-state index is 16.6. The monoisotopic (exact) mass is 629 g/mol. The molecule has 3 aromatic rings. The highest BCUT2D eigenvalue weighted by molar-refractivity contribution is 5.96. The van der Waals surface area contributed by atoms with Gasteiger partial charge in [0.15, 0.2) is 5.82 Å². The molecule has 7 nitrogen and oxygen atoms in total. The molecule has 4 saturated carbocycles. The number of methoxy groups -OCH3 is 1. The zero-order chi connectivity index (χ0) is 32.6. The summed E-state index contributed by atoms with van der Waals surface area (Å²) in [5.41, 5.74) is 4.10. The molecule has 46 heavy (non-hydrogen) atoms. The number of aliphatic carboxylic acids is 1. The second-order valence-corrected chi connectivity index (χ2v) is 14.6. The first-order chi connectivity index (χ1) is 22.0. The van der Waals surface area contributed by atoms with Crippen LogP contribution in [-0.4, -0.2) is 40.4 Å². The summed E-state index contributed by atoms with van der Waals surface area (Å²) in [5.74, 6) is -0.423. The summed E-state index contributed by atoms with van der Waals surface area (Å²) in [5, 5.41) is 13.7. The van der Waals surface area contributed by atoms with E-state index in [1.165, 1.54) is 5.56 Å². The highest BCUT2D eigenvalue weighted by Crippen LogP contribution is 2.58. The molecule has 0 aliphatic heterocycles. The number of hydrogen-bond donors (Lipinski definition) is 1. The highest BCUT2D eigenvalue weighted by atomic mass is 19.1. The lowest BCUT2D eigenvalue weighted by atomic mass is 9.51. The lowest BCUT2D eigenvalue weighted by Crippen LogP contribution is -2.52. The number of ether oxygens (including phenoxy) is 1. The minimum Gasteiger partial charge on any atom is -0.496 e. The highest BCUT2D eigenvalue weighted by Gasteiger charge is 2.51. The molecule has 0 unspecified atom stereocenters. The zero-order valence-corrected chi connectivity index (χ0v) is 27.7. The molecule has 2 bridgehead atoms. The van der Waals surface area contributed by atoms with E-state index in [9.17, 15) is 14.7 Å². The van der Waals surface area contributed by atoms with Gasteiger partial charge in [0.1, 0.15) is 5.75 Å². The van der Waals surface area contributed by atoms with Crippen molar-refractivity contribution in [3.63, 3.8) is 0 Å². The second-order valence-electron chi connectivity index (χ2n) is 14.6. The van der Waals surface area contributed by atoms with Gasteiger partial charge in [0.25, 0.3) is 0 Å². The Kier molecular flexibility index (Phi) is 9.01. The number of halogens is 1. The minimum atomic E-state index is -0.786. The molecule has 2 aromatic carbocycles. The Morgan fingerprint density at radius 1 is 1.07 bits per heavy atom. The Labute approximate surface area is 272 Å². The average molecular weight is 630 g/mol. The largest absolute Gasteiger partial charge is 0.496 e. The minimum absolute atomic E-state index is 0.0229. The number of benzene rings is 2. The van der Waals surface area contributed by atoms with Gasteiger partial charge in [-0.3, -0.25) is 14.3 Å². The number of carbonyl (C=O) groups excluding carboxylic acids is 1. The zero-order valence-electron chi connectivity index (χ0n) is 27.7. The van der Waals surface area contributed by atoms with Gasteiger partial charge in [0.2, 0.25) is 5.91 Å². The van der Waals surface area contributed by atoms with Gasteiger partial charge >= 0.3 is 5.97 Å². The number of carbonyl (C=O) groups is 2. The van der Waals surface area contributed by atoms with Gasteiger partial charge in [0, 0.05) is 42.2 Å². The lowest BCUT2D eigenvalue weighted by Gasteiger charge is -2.55. The fourth-order valence-electron chi connectivity index (χ4n) is 8.55. The summed E-state index contributed by atoms with van der Waals surface area (Å²) in [7, 11) is 1.71. The van der Waals surface area contributed by atoms with Crippen LogP contribution in [0.1, 0.15) is 102 Å². The summed E-state index contributed by atoms with van der Waals surface area (Å²) in [6, 6.07) is 12.1. The number of aryl methyl sites for hydroxylation is 1. The van der Waals surface area contributed by atoms with E-state index in [0.717, 1.165) is 49.8 Å². The van der Waals surface area contributed by atoms with Crippen molar-refractivity contribution in [2.75, 3.05) is 18.6 Å². The van der Waals surface area contributed by atoms with Crippen LogP contribution >= 0.6 is 0 Å². The van der Waals surface area contributed by atoms with Crippen molar-refractivity contribution in [2.45, 2.75) is 103 Å². The summed E-state index contributed by atoms with van der Waals surface area (Å²) < 4.78 is 24.0. The molecule has 4 aliphatic rings. The number of carboxylic acids is 1. The third-order valence-electron chi connectivity index (χ3n) is 11.5. The number of amides is 1. The van der Waals surface area contributed by atoms with E-state index in [1.807, 2.05) is 30.8 Å². The smallest absolute Gasteiger partial charge is 0.303 e. The Bertz CT molecular complexity index is 1560. The van der Waals surface area contributed by atoms with Gasteiger partial charge in [-0.25, -0.2) is 4.39 Å². The van der Waals surface area contributed by atoms with E-state index < -0.39 is 5.97 Å². The maximum absolute atomic E-state index is 16.6. The predicted molar refractivity (Wildman–Crippen MR) is 178 cm³/mol. The molecule has 0 saturated heterocycles. The topological polar surface area (TPSA) is 84.7 Å². The molecule has 1 aromatic heterocycles. The van der Waals surface area contributed by atoms with E-state index in [1.54, 1.807) is 30.3 Å². The molecule has 0 radical (unpaired) electrons. The number of anilines is 1. The molecule has 4 fully saturated rings. The molecule has 1 heterocycles. The van der Waals surface area contributed by atoms with Gasteiger partial charge in [-0.1, -0.05) is 24.3 Å². The van der Waals surface area contributed by atoms with Gasteiger partial charge in [-0.15, -0.1) is 0 Å². The third-order valence-corrected chi connectivity index (χ3v) is 11.5. The van der Waals surface area contributed by atoms with Crippen LogP contribution in [0.2, 0.25) is 0 Å². The molecule has 8 heteroatoms. The van der Waals surface area contributed by atoms with Crippen LogP contribution in [0, 0.1) is 30.0 Å². The van der Waals surface area contributed by atoms with Crippen molar-refractivity contribution in [1.29, 1.82) is 0 Å². The van der Waals surface area contributed by atoms with Crippen LogP contribution in [0.15, 0.2) is 48.8 Å². The van der Waals surface area contributed by atoms with Crippen LogP contribution in [0.4, 0.5) is 10.1 Å². The van der Waals surface area contributed by atoms with Crippen LogP contribution in [-0.2, 0) is 15.0 Å². The van der Waals surface area contributed by atoms with Crippen molar-refractivity contribution < 1.29 is 23.8 Å². The molecule has 4 aliphatic carbocycles. The molecule has 246 valence electrons. The first-order valence-electron chi connectivity index (χ1n) is 17.0. The Morgan fingerprint density at radius 2 is 1.76 bits per heavy atom. The van der Waals surface area contributed by atoms with Gasteiger partial charge < -0.3 is 14.7 Å². The van der Waals surface area contributed by atoms with Crippen LogP contribution in [0.5, 0.6) is 5.75 Å². The molecule has 0 spiro atoms. The SMILES string of the molecule is COc1ccc(C23CCC(CN(c4cccc(-c5cnn(C(C)C)c5)c4F)C(=O)[C@H]4CC[C@H](CC(=O)O)CC4)(CC2)CC3)cc1C. The molecular weight excluding hydrogens is 581 g/mol. The Hall–Kier alpha value is -3.68. The Morgan fingerprint density at radius 3 is 2.35 bits per heavy atom. The normalized spacial score (nSPS) is 25.9. The van der Waals surface area contributed by atoms with Gasteiger partial charge in [0.05, 0.1) is 19.0 Å². The molecule has 0 atom stereocenters. The number of hydrogen-bond acceptors (Lipinski definition) is 4. The molecule has 1 amide bonds. The maximum Gasteiger partial charge on any atom is 0.303 e. The number of carboxylic acid groups (broad SMARTS) is 1. The predicted octanol–water partition coefficient (Wildman–Crippen LogP) is 8.49. The van der Waals surface area contributed by atoms with E-state index in [2.05, 4.69) is 30.2 Å². The quantitative estimate of drug-likeness (QED) is 0.243. The summed E-state index contributed by atoms with van der Waals surface area (Å²) in [4.78, 5) is 27.6. The standard InChI is InChI=1S/C38H48FN3O4/c1-25(2)42-23-29(22-40-42)31-6-5-7-32(35(31)39)41(36(45)28-10-8-27(9-11-28)21-34(43)44)24-37-14-17-38(18-15-37,19-16-37)30-12-13-33(46-4)26(3)20-30/h5-7,12-13,20,22-23,25,27-28H,8-11,14-19,21,24H2,1-4H3,(H,43,44)/t27-,28-,37?,38?. The molecule has 1 N–H and O–H groups in total. The summed E-state index contributed by atoms with van der Waals surface area (Å²) in [6.07, 6.45) is 12.6. The van der Waals surface area contributed by atoms with E-state index >= 15 is 4.39 Å². The van der Waals surface area contributed by atoms with Gasteiger partial charge in [-0.2, -0.15) is 5.10 Å². The van der Waals surface area contributed by atoms with Crippen LogP contribution < -0.4 is 9.64 Å². The second kappa shape index (κ2) is 12.8. The van der Waals surface area contributed by atoms with Crippen molar-refractivity contribution in [1.82, 2.24) is 9.78 Å². The van der Waals surface area contributed by atoms with E-state index in [0.29, 0.717) is 49.0 Å². The molecular formula is C38H48FN3O4. The van der Waals surface area contributed by atoms with E-state index in [-0.39, 0.29) is 46.9 Å². The summed E-state index contributed by atoms with van der Waals surface area (Å²) >= 11 is 0. The lowest BCUT2D eigenvalue weighted by molar-refractivity contribution is -0.138. The average Bonchev–Trinajstić information content (AvgIpc) is 3.55. The first-order valence-corrected chi connectivity index (χ1v) is 17.0. The van der Waals surface area contributed by atoms with Crippen molar-refractivity contribution in [3.8, 4) is 16.9 Å². The number of fused-ring (bicyclic) bond motifs is 3. The number of rotatable bonds is 10.